The molecule has 0 aliphatic heterocycles. The van der Waals surface area contributed by atoms with Crippen LogP contribution in [0.5, 0.6) is 17.4 Å². The maximum atomic E-state index is 14.1. The first kappa shape index (κ1) is 24.6. The van der Waals surface area contributed by atoms with Crippen LogP contribution in [-0.2, 0) is 17.8 Å². The van der Waals surface area contributed by atoms with E-state index in [0.717, 1.165) is 47.4 Å². The first-order valence-corrected chi connectivity index (χ1v) is 12.9. The van der Waals surface area contributed by atoms with E-state index in [-0.39, 0.29) is 17.6 Å². The zero-order valence-corrected chi connectivity index (χ0v) is 21.3. The fraction of sp³-hybridized carbons (Fsp3) is 0.250. The molecule has 5 nitrogen and oxygen atoms in total. The Balaban J connectivity index is 1.43. The number of carbonyl (C=O) groups is 1. The standard InChI is InChI=1S/C32H32N2O3/c1-22(2)24-15-17-25(18-16-24)34(32(36)29-12-6-11-28-27(29)10-7-13-30(28)35)21-23-14-19-31(33-20-23)37-26-8-4-3-5-9-26/h3-5,7-10,13-20,22,29,35H,6,11-12,21H2,1-2H3. The van der Waals surface area contributed by atoms with Gasteiger partial charge < -0.3 is 14.7 Å². The van der Waals surface area contributed by atoms with Crippen LogP contribution in [0.1, 0.15) is 60.8 Å². The van der Waals surface area contributed by atoms with Crippen LogP contribution in [0.3, 0.4) is 0 Å². The van der Waals surface area contributed by atoms with Crippen LogP contribution in [0.15, 0.2) is 91.1 Å². The third kappa shape index (κ3) is 5.51. The molecule has 188 valence electrons. The van der Waals surface area contributed by atoms with Crippen LogP contribution >= 0.6 is 0 Å². The summed E-state index contributed by atoms with van der Waals surface area (Å²) in [5.74, 6) is 1.66. The number of rotatable bonds is 7. The van der Waals surface area contributed by atoms with Gasteiger partial charge in [-0.25, -0.2) is 4.98 Å². The molecule has 0 saturated heterocycles. The zero-order chi connectivity index (χ0) is 25.8. The molecule has 0 bridgehead atoms. The number of hydrogen-bond acceptors (Lipinski definition) is 4. The van der Waals surface area contributed by atoms with Crippen molar-refractivity contribution in [1.82, 2.24) is 4.98 Å². The van der Waals surface area contributed by atoms with Crippen molar-refractivity contribution in [2.75, 3.05) is 4.90 Å². The topological polar surface area (TPSA) is 62.7 Å². The molecule has 1 atom stereocenters. The van der Waals surface area contributed by atoms with E-state index in [9.17, 15) is 9.90 Å². The van der Waals surface area contributed by atoms with Crippen molar-refractivity contribution in [3.05, 3.63) is 113 Å². The van der Waals surface area contributed by atoms with Gasteiger partial charge in [-0.3, -0.25) is 4.79 Å². The Morgan fingerprint density at radius 3 is 2.49 bits per heavy atom. The fourth-order valence-corrected chi connectivity index (χ4v) is 4.97. The lowest BCUT2D eigenvalue weighted by Crippen LogP contribution is -2.36. The van der Waals surface area contributed by atoms with Crippen molar-refractivity contribution in [3.63, 3.8) is 0 Å². The second-order valence-corrected chi connectivity index (χ2v) is 9.88. The van der Waals surface area contributed by atoms with Gasteiger partial charge in [0.05, 0.1) is 12.5 Å². The maximum absolute atomic E-state index is 14.1. The molecule has 1 aliphatic carbocycles. The molecule has 1 N–H and O–H groups in total. The van der Waals surface area contributed by atoms with Crippen LogP contribution in [0.25, 0.3) is 0 Å². The second kappa shape index (κ2) is 10.9. The predicted octanol–water partition coefficient (Wildman–Crippen LogP) is 7.36. The number of carbonyl (C=O) groups excluding carboxylic acids is 1. The molecule has 0 saturated carbocycles. The van der Waals surface area contributed by atoms with Crippen LogP contribution in [0, 0.1) is 0 Å². The number of phenolic OH excluding ortho intramolecular Hbond substituents is 1. The van der Waals surface area contributed by atoms with Crippen LogP contribution in [0.2, 0.25) is 0 Å². The van der Waals surface area contributed by atoms with Crippen molar-refractivity contribution in [3.8, 4) is 17.4 Å². The number of amides is 1. The quantitative estimate of drug-likeness (QED) is 0.293. The molecular formula is C32H32N2O3. The number of aromatic hydroxyl groups is 1. The summed E-state index contributed by atoms with van der Waals surface area (Å²) in [6.07, 6.45) is 4.19. The first-order valence-electron chi connectivity index (χ1n) is 12.9. The Morgan fingerprint density at radius 1 is 1.00 bits per heavy atom. The Labute approximate surface area is 218 Å². The van der Waals surface area contributed by atoms with Crippen LogP contribution < -0.4 is 9.64 Å². The number of hydrogen-bond donors (Lipinski definition) is 1. The molecular weight excluding hydrogens is 460 g/mol. The normalized spacial score (nSPS) is 14.7. The number of phenols is 1. The van der Waals surface area contributed by atoms with Crippen molar-refractivity contribution in [2.24, 2.45) is 0 Å². The van der Waals surface area contributed by atoms with E-state index in [1.807, 2.05) is 71.6 Å². The minimum Gasteiger partial charge on any atom is -0.508 e. The van der Waals surface area contributed by atoms with E-state index < -0.39 is 0 Å². The van der Waals surface area contributed by atoms with Crippen LogP contribution in [-0.4, -0.2) is 16.0 Å². The van der Waals surface area contributed by atoms with E-state index in [4.69, 9.17) is 4.74 Å². The SMILES string of the molecule is CC(C)c1ccc(N(Cc2ccc(Oc3ccccc3)nc2)C(=O)C2CCCc3c(O)cccc32)cc1. The number of nitrogens with zero attached hydrogens (tertiary/aromatic N) is 2. The number of fused-ring (bicyclic) bond motifs is 1. The van der Waals surface area contributed by atoms with Gasteiger partial charge in [0.1, 0.15) is 11.5 Å². The summed E-state index contributed by atoms with van der Waals surface area (Å²) in [4.78, 5) is 20.4. The molecule has 0 fully saturated rings. The highest BCUT2D eigenvalue weighted by Crippen LogP contribution is 2.38. The molecule has 1 unspecified atom stereocenters. The van der Waals surface area contributed by atoms with Gasteiger partial charge >= 0.3 is 0 Å². The van der Waals surface area contributed by atoms with Gasteiger partial charge in [-0.15, -0.1) is 0 Å². The number of pyridine rings is 1. The third-order valence-corrected chi connectivity index (χ3v) is 7.02. The molecule has 1 amide bonds. The van der Waals surface area contributed by atoms with Crippen molar-refractivity contribution >= 4 is 11.6 Å². The summed E-state index contributed by atoms with van der Waals surface area (Å²) in [6, 6.07) is 27.1. The van der Waals surface area contributed by atoms with E-state index in [0.29, 0.717) is 18.3 Å². The Morgan fingerprint density at radius 2 is 1.78 bits per heavy atom. The first-order chi connectivity index (χ1) is 18.0. The summed E-state index contributed by atoms with van der Waals surface area (Å²) >= 11 is 0. The Bertz CT molecular complexity index is 1350. The maximum Gasteiger partial charge on any atom is 0.234 e. The Hall–Kier alpha value is -4.12. The molecule has 1 heterocycles. The molecule has 1 aromatic heterocycles. The van der Waals surface area contributed by atoms with Gasteiger partial charge in [0.2, 0.25) is 11.8 Å². The second-order valence-electron chi connectivity index (χ2n) is 9.88. The minimum atomic E-state index is -0.297. The number of aromatic nitrogens is 1. The minimum absolute atomic E-state index is 0.0356. The highest BCUT2D eigenvalue weighted by molar-refractivity contribution is 5.98. The van der Waals surface area contributed by atoms with E-state index in [1.54, 1.807) is 12.3 Å². The highest BCUT2D eigenvalue weighted by atomic mass is 16.5. The summed E-state index contributed by atoms with van der Waals surface area (Å²) in [5.41, 5.74) is 4.82. The number of benzene rings is 3. The summed E-state index contributed by atoms with van der Waals surface area (Å²) in [7, 11) is 0. The molecule has 0 spiro atoms. The largest absolute Gasteiger partial charge is 0.508 e. The van der Waals surface area contributed by atoms with Crippen molar-refractivity contribution in [1.29, 1.82) is 0 Å². The molecule has 4 aromatic rings. The van der Waals surface area contributed by atoms with Gasteiger partial charge in [-0.05, 0) is 77.8 Å². The lowest BCUT2D eigenvalue weighted by Gasteiger charge is -2.31. The zero-order valence-electron chi connectivity index (χ0n) is 21.3. The number of anilines is 1. The summed E-state index contributed by atoms with van der Waals surface area (Å²) < 4.78 is 5.84. The third-order valence-electron chi connectivity index (χ3n) is 7.02. The lowest BCUT2D eigenvalue weighted by molar-refractivity contribution is -0.120. The van der Waals surface area contributed by atoms with E-state index in [1.165, 1.54) is 5.56 Å². The van der Waals surface area contributed by atoms with Gasteiger partial charge in [0.15, 0.2) is 0 Å². The molecule has 5 rings (SSSR count). The molecule has 0 radical (unpaired) electrons. The molecule has 37 heavy (non-hydrogen) atoms. The average Bonchev–Trinajstić information content (AvgIpc) is 2.93. The van der Waals surface area contributed by atoms with Gasteiger partial charge in [0.25, 0.3) is 0 Å². The number of para-hydroxylation sites is 1. The summed E-state index contributed by atoms with van der Waals surface area (Å²) in [6.45, 7) is 4.71. The van der Waals surface area contributed by atoms with Crippen molar-refractivity contribution < 1.29 is 14.6 Å². The van der Waals surface area contributed by atoms with Crippen molar-refractivity contribution in [2.45, 2.75) is 51.5 Å². The molecule has 3 aromatic carbocycles. The van der Waals surface area contributed by atoms with Gasteiger partial charge in [-0.2, -0.15) is 0 Å². The molecule has 1 aliphatic rings. The molecule has 5 heteroatoms. The monoisotopic (exact) mass is 492 g/mol. The van der Waals surface area contributed by atoms with E-state index >= 15 is 0 Å². The summed E-state index contributed by atoms with van der Waals surface area (Å²) in [5, 5.41) is 10.4. The lowest BCUT2D eigenvalue weighted by atomic mass is 9.81. The van der Waals surface area contributed by atoms with E-state index in [2.05, 4.69) is 31.0 Å². The number of ether oxygens (including phenoxy) is 1. The van der Waals surface area contributed by atoms with Gasteiger partial charge in [0, 0.05) is 18.0 Å². The van der Waals surface area contributed by atoms with Gasteiger partial charge in [-0.1, -0.05) is 62.4 Å². The Kier molecular flexibility index (Phi) is 7.22. The predicted molar refractivity (Wildman–Crippen MR) is 146 cm³/mol. The van der Waals surface area contributed by atoms with Crippen LogP contribution in [0.4, 0.5) is 5.69 Å². The smallest absolute Gasteiger partial charge is 0.234 e. The average molecular weight is 493 g/mol. The highest BCUT2D eigenvalue weighted by Gasteiger charge is 2.32. The fourth-order valence-electron chi connectivity index (χ4n) is 4.97.